The lowest BCUT2D eigenvalue weighted by atomic mass is 9.96. The van der Waals surface area contributed by atoms with Crippen LogP contribution in [0.15, 0.2) is 21.3 Å². The molecule has 0 saturated carbocycles. The summed E-state index contributed by atoms with van der Waals surface area (Å²) in [5.74, 6) is 0.176. The Hall–Kier alpha value is -0.460. The molecule has 1 unspecified atom stereocenters. The van der Waals surface area contributed by atoms with Crippen molar-refractivity contribution in [3.8, 4) is 6.07 Å². The minimum Gasteiger partial charge on any atom is -0.398 e. The zero-order chi connectivity index (χ0) is 9.14. The molecule has 1 atom stereocenters. The number of hydrogen-bond acceptors (Lipinski definition) is 2. The number of rotatable bonds is 1. The molecule has 0 fully saturated rings. The van der Waals surface area contributed by atoms with Crippen LogP contribution in [0.4, 0.5) is 0 Å². The van der Waals surface area contributed by atoms with E-state index in [2.05, 4.69) is 22.0 Å². The Kier molecular flexibility index (Phi) is 3.19. The van der Waals surface area contributed by atoms with E-state index in [0.29, 0.717) is 23.6 Å². The van der Waals surface area contributed by atoms with Crippen LogP contribution in [-0.2, 0) is 0 Å². The smallest absolute Gasteiger partial charge is 0.0628 e. The first kappa shape index (κ1) is 9.63. The largest absolute Gasteiger partial charge is 0.398 e. The monoisotopic (exact) mass is 246 g/mol. The summed E-state index contributed by atoms with van der Waals surface area (Å²) in [7, 11) is 0. The molecule has 0 aliphatic heterocycles. The van der Waals surface area contributed by atoms with Gasteiger partial charge in [-0.15, -0.1) is 0 Å². The van der Waals surface area contributed by atoms with E-state index in [1.165, 1.54) is 0 Å². The molecular formula is C8H8BrClN2. The van der Waals surface area contributed by atoms with Crippen molar-refractivity contribution < 1.29 is 0 Å². The zero-order valence-electron chi connectivity index (χ0n) is 6.35. The molecule has 0 aromatic rings. The van der Waals surface area contributed by atoms with Crippen LogP contribution in [0.25, 0.3) is 0 Å². The van der Waals surface area contributed by atoms with Crippen LogP contribution in [0.1, 0.15) is 12.8 Å². The van der Waals surface area contributed by atoms with Gasteiger partial charge in [-0.1, -0.05) is 27.5 Å². The second-order valence-electron chi connectivity index (χ2n) is 2.65. The van der Waals surface area contributed by atoms with Crippen LogP contribution in [-0.4, -0.2) is 0 Å². The zero-order valence-corrected chi connectivity index (χ0v) is 8.69. The van der Waals surface area contributed by atoms with Gasteiger partial charge in [-0.2, -0.15) is 5.26 Å². The Labute approximate surface area is 84.8 Å². The Morgan fingerprint density at radius 3 is 3.08 bits per heavy atom. The van der Waals surface area contributed by atoms with Crippen LogP contribution in [0, 0.1) is 17.2 Å². The third-order valence-electron chi connectivity index (χ3n) is 1.76. The molecular weight excluding hydrogens is 239 g/mol. The standard InChI is InChI=1S/C8H8BrClN2/c9-6-4-8(12)7(10)3-5(6)1-2-11/h4-5H,1,3,12H2. The SMILES string of the molecule is N#CCC1CC(Cl)=C(N)C=C1Br. The van der Waals surface area contributed by atoms with Gasteiger partial charge in [0, 0.05) is 27.6 Å². The van der Waals surface area contributed by atoms with E-state index in [0.717, 1.165) is 4.48 Å². The summed E-state index contributed by atoms with van der Waals surface area (Å²) in [4.78, 5) is 0. The molecule has 4 heteroatoms. The van der Waals surface area contributed by atoms with E-state index >= 15 is 0 Å². The first-order valence-electron chi connectivity index (χ1n) is 3.53. The van der Waals surface area contributed by atoms with Crippen molar-refractivity contribution in [2.45, 2.75) is 12.8 Å². The molecule has 0 saturated heterocycles. The first-order valence-corrected chi connectivity index (χ1v) is 4.70. The van der Waals surface area contributed by atoms with Crippen LogP contribution in [0.3, 0.4) is 0 Å². The molecule has 0 spiro atoms. The van der Waals surface area contributed by atoms with Crippen molar-refractivity contribution in [3.05, 3.63) is 21.3 Å². The van der Waals surface area contributed by atoms with Gasteiger partial charge in [-0.3, -0.25) is 0 Å². The molecule has 64 valence electrons. The maximum absolute atomic E-state index is 8.50. The fraction of sp³-hybridized carbons (Fsp3) is 0.375. The summed E-state index contributed by atoms with van der Waals surface area (Å²) in [6, 6.07) is 2.11. The molecule has 0 radical (unpaired) electrons. The van der Waals surface area contributed by atoms with Gasteiger partial charge in [0.2, 0.25) is 0 Å². The minimum absolute atomic E-state index is 0.176. The minimum atomic E-state index is 0.176. The van der Waals surface area contributed by atoms with Crippen molar-refractivity contribution in [1.82, 2.24) is 0 Å². The van der Waals surface area contributed by atoms with E-state index in [1.807, 2.05) is 0 Å². The summed E-state index contributed by atoms with van der Waals surface area (Å²) in [5.41, 5.74) is 6.18. The van der Waals surface area contributed by atoms with E-state index in [1.54, 1.807) is 6.08 Å². The third-order valence-corrected chi connectivity index (χ3v) is 3.01. The van der Waals surface area contributed by atoms with Gasteiger partial charge in [0.1, 0.15) is 0 Å². The van der Waals surface area contributed by atoms with E-state index < -0.39 is 0 Å². The van der Waals surface area contributed by atoms with Crippen LogP contribution < -0.4 is 5.73 Å². The quantitative estimate of drug-likeness (QED) is 0.774. The van der Waals surface area contributed by atoms with Crippen LogP contribution in [0.5, 0.6) is 0 Å². The molecule has 0 amide bonds. The molecule has 0 aromatic carbocycles. The summed E-state index contributed by atoms with van der Waals surface area (Å²) in [5, 5.41) is 9.15. The second-order valence-corrected chi connectivity index (χ2v) is 4.02. The molecule has 1 aliphatic rings. The van der Waals surface area contributed by atoms with Gasteiger partial charge in [-0.05, 0) is 12.5 Å². The van der Waals surface area contributed by atoms with Gasteiger partial charge in [0.05, 0.1) is 6.07 Å². The van der Waals surface area contributed by atoms with Crippen molar-refractivity contribution >= 4 is 27.5 Å². The van der Waals surface area contributed by atoms with Crippen molar-refractivity contribution in [2.75, 3.05) is 0 Å². The predicted octanol–water partition coefficient (Wildman–Crippen LogP) is 2.61. The van der Waals surface area contributed by atoms with Crippen molar-refractivity contribution in [2.24, 2.45) is 11.7 Å². The van der Waals surface area contributed by atoms with Crippen molar-refractivity contribution in [1.29, 1.82) is 5.26 Å². The molecule has 0 heterocycles. The highest BCUT2D eigenvalue weighted by atomic mass is 79.9. The van der Waals surface area contributed by atoms with Gasteiger partial charge < -0.3 is 5.73 Å². The van der Waals surface area contributed by atoms with Crippen LogP contribution in [0.2, 0.25) is 0 Å². The Bertz CT molecular complexity index is 288. The number of hydrogen-bond donors (Lipinski definition) is 1. The van der Waals surface area contributed by atoms with Gasteiger partial charge in [0.15, 0.2) is 0 Å². The lowest BCUT2D eigenvalue weighted by Gasteiger charge is -2.18. The number of halogens is 2. The molecule has 1 rings (SSSR count). The van der Waals surface area contributed by atoms with E-state index in [4.69, 9.17) is 22.6 Å². The van der Waals surface area contributed by atoms with Gasteiger partial charge in [0.25, 0.3) is 0 Å². The van der Waals surface area contributed by atoms with Gasteiger partial charge >= 0.3 is 0 Å². The molecule has 12 heavy (non-hydrogen) atoms. The number of nitrogens with zero attached hydrogens (tertiary/aromatic N) is 1. The highest BCUT2D eigenvalue weighted by molar-refractivity contribution is 9.11. The summed E-state index contributed by atoms with van der Waals surface area (Å²) < 4.78 is 0.964. The summed E-state index contributed by atoms with van der Waals surface area (Å²) >= 11 is 9.20. The van der Waals surface area contributed by atoms with Crippen molar-refractivity contribution in [3.63, 3.8) is 0 Å². The Morgan fingerprint density at radius 1 is 1.83 bits per heavy atom. The molecule has 2 N–H and O–H groups in total. The van der Waals surface area contributed by atoms with Crippen LogP contribution >= 0.6 is 27.5 Å². The maximum Gasteiger partial charge on any atom is 0.0628 e. The number of nitrogens with two attached hydrogens (primary N) is 1. The maximum atomic E-state index is 8.50. The lowest BCUT2D eigenvalue weighted by molar-refractivity contribution is 0.655. The third kappa shape index (κ3) is 2.02. The average Bonchev–Trinajstić information content (AvgIpc) is 2.01. The van der Waals surface area contributed by atoms with Gasteiger partial charge in [-0.25, -0.2) is 0 Å². The summed E-state index contributed by atoms with van der Waals surface area (Å²) in [6.07, 6.45) is 2.91. The Balaban J connectivity index is 2.79. The topological polar surface area (TPSA) is 49.8 Å². The fourth-order valence-electron chi connectivity index (χ4n) is 1.06. The molecule has 1 aliphatic carbocycles. The lowest BCUT2D eigenvalue weighted by Crippen LogP contribution is -2.10. The fourth-order valence-corrected chi connectivity index (χ4v) is 1.87. The average molecular weight is 248 g/mol. The highest BCUT2D eigenvalue weighted by Gasteiger charge is 2.19. The molecule has 0 bridgehead atoms. The number of allylic oxidation sites excluding steroid dienone is 3. The first-order chi connectivity index (χ1) is 5.65. The molecule has 2 nitrogen and oxygen atoms in total. The summed E-state index contributed by atoms with van der Waals surface area (Å²) in [6.45, 7) is 0. The normalized spacial score (nSPS) is 23.4. The second kappa shape index (κ2) is 3.97. The molecule has 0 aromatic heterocycles. The van der Waals surface area contributed by atoms with E-state index in [9.17, 15) is 0 Å². The highest BCUT2D eigenvalue weighted by Crippen LogP contribution is 2.34. The number of nitriles is 1. The Morgan fingerprint density at radius 2 is 2.50 bits per heavy atom. The predicted molar refractivity (Wildman–Crippen MR) is 52.4 cm³/mol. The van der Waals surface area contributed by atoms with E-state index in [-0.39, 0.29) is 5.92 Å².